The van der Waals surface area contributed by atoms with Gasteiger partial charge in [-0.3, -0.25) is 9.59 Å². The van der Waals surface area contributed by atoms with E-state index in [1.54, 1.807) is 30.0 Å². The Morgan fingerprint density at radius 3 is 2.68 bits per heavy atom. The first-order valence-corrected chi connectivity index (χ1v) is 8.41. The van der Waals surface area contributed by atoms with Crippen molar-refractivity contribution in [2.45, 2.75) is 19.8 Å². The van der Waals surface area contributed by atoms with E-state index < -0.39 is 0 Å². The van der Waals surface area contributed by atoms with Crippen LogP contribution < -0.4 is 14.5 Å². The van der Waals surface area contributed by atoms with E-state index in [-0.39, 0.29) is 11.8 Å². The van der Waals surface area contributed by atoms with Crippen LogP contribution in [0.25, 0.3) is 0 Å². The number of nitrogens with zero attached hydrogens (tertiary/aromatic N) is 2. The Hall–Kier alpha value is -2.82. The van der Waals surface area contributed by atoms with Crippen LogP contribution in [0.3, 0.4) is 0 Å². The number of methoxy groups -OCH3 is 1. The molecule has 0 atom stereocenters. The zero-order valence-electron chi connectivity index (χ0n) is 14.8. The zero-order valence-corrected chi connectivity index (χ0v) is 14.8. The van der Waals surface area contributed by atoms with Crippen molar-refractivity contribution < 1.29 is 14.3 Å². The lowest BCUT2D eigenvalue weighted by atomic mass is 10.1. The highest BCUT2D eigenvalue weighted by atomic mass is 16.5. The van der Waals surface area contributed by atoms with E-state index in [1.165, 1.54) is 0 Å². The van der Waals surface area contributed by atoms with Gasteiger partial charge in [0.2, 0.25) is 5.91 Å². The minimum Gasteiger partial charge on any atom is -0.497 e. The van der Waals surface area contributed by atoms with Crippen LogP contribution in [-0.4, -0.2) is 32.5 Å². The van der Waals surface area contributed by atoms with E-state index in [0.29, 0.717) is 24.2 Å². The van der Waals surface area contributed by atoms with E-state index in [9.17, 15) is 9.59 Å². The molecule has 0 bridgehead atoms. The van der Waals surface area contributed by atoms with Gasteiger partial charge in [-0.1, -0.05) is 19.1 Å². The first-order valence-electron chi connectivity index (χ1n) is 8.41. The Labute approximate surface area is 147 Å². The van der Waals surface area contributed by atoms with Crippen LogP contribution in [0.15, 0.2) is 42.5 Å². The van der Waals surface area contributed by atoms with Crippen LogP contribution in [0.2, 0.25) is 0 Å². The summed E-state index contributed by atoms with van der Waals surface area (Å²) < 4.78 is 5.26. The Balaban J connectivity index is 1.95. The molecule has 0 radical (unpaired) electrons. The van der Waals surface area contributed by atoms with Gasteiger partial charge in [0.1, 0.15) is 5.75 Å². The molecule has 5 nitrogen and oxygen atoms in total. The van der Waals surface area contributed by atoms with Gasteiger partial charge in [-0.15, -0.1) is 0 Å². The molecular formula is C20H22N2O3. The fourth-order valence-corrected chi connectivity index (χ4v) is 3.18. The van der Waals surface area contributed by atoms with Crippen molar-refractivity contribution in [1.82, 2.24) is 0 Å². The lowest BCUT2D eigenvalue weighted by Crippen LogP contribution is -2.32. The van der Waals surface area contributed by atoms with Crippen molar-refractivity contribution in [2.75, 3.05) is 30.5 Å². The number of fused-ring (bicyclic) bond motifs is 1. The van der Waals surface area contributed by atoms with Gasteiger partial charge >= 0.3 is 0 Å². The number of ether oxygens (including phenoxy) is 1. The average molecular weight is 338 g/mol. The quantitative estimate of drug-likeness (QED) is 0.860. The average Bonchev–Trinajstić information content (AvgIpc) is 3.09. The molecule has 2 amide bonds. The van der Waals surface area contributed by atoms with Crippen LogP contribution in [0.5, 0.6) is 5.75 Å². The Morgan fingerprint density at radius 2 is 1.96 bits per heavy atom. The summed E-state index contributed by atoms with van der Waals surface area (Å²) in [7, 11) is 3.34. The van der Waals surface area contributed by atoms with Crippen molar-refractivity contribution >= 4 is 23.2 Å². The monoisotopic (exact) mass is 338 g/mol. The van der Waals surface area contributed by atoms with Crippen molar-refractivity contribution in [3.05, 3.63) is 53.6 Å². The minimum atomic E-state index is -0.0877. The van der Waals surface area contributed by atoms with Gasteiger partial charge in [0.25, 0.3) is 5.91 Å². The molecule has 0 aromatic heterocycles. The highest BCUT2D eigenvalue weighted by Crippen LogP contribution is 2.33. The summed E-state index contributed by atoms with van der Waals surface area (Å²) in [5.41, 5.74) is 3.19. The smallest absolute Gasteiger partial charge is 0.260 e. The molecule has 0 saturated carbocycles. The fourth-order valence-electron chi connectivity index (χ4n) is 3.18. The molecule has 0 N–H and O–H groups in total. The second-order valence-electron chi connectivity index (χ2n) is 6.02. The summed E-state index contributed by atoms with van der Waals surface area (Å²) in [5, 5.41) is 0. The summed E-state index contributed by atoms with van der Waals surface area (Å²) >= 11 is 0. The Morgan fingerprint density at radius 1 is 1.20 bits per heavy atom. The summed E-state index contributed by atoms with van der Waals surface area (Å²) in [5.74, 6) is 0.684. The first-order chi connectivity index (χ1) is 12.1. The van der Waals surface area contributed by atoms with E-state index in [0.717, 1.165) is 23.4 Å². The minimum absolute atomic E-state index is 0.0215. The summed E-state index contributed by atoms with van der Waals surface area (Å²) in [4.78, 5) is 28.6. The molecule has 25 heavy (non-hydrogen) atoms. The van der Waals surface area contributed by atoms with E-state index in [4.69, 9.17) is 4.74 Å². The van der Waals surface area contributed by atoms with Crippen molar-refractivity contribution in [1.29, 1.82) is 0 Å². The fraction of sp³-hybridized carbons (Fsp3) is 0.300. The topological polar surface area (TPSA) is 49.9 Å². The van der Waals surface area contributed by atoms with Crippen LogP contribution in [0.1, 0.15) is 29.3 Å². The van der Waals surface area contributed by atoms with Gasteiger partial charge in [0.05, 0.1) is 18.4 Å². The molecule has 1 heterocycles. The Kier molecular flexibility index (Phi) is 4.74. The first kappa shape index (κ1) is 17.0. The molecule has 1 aliphatic heterocycles. The molecule has 0 aliphatic carbocycles. The van der Waals surface area contributed by atoms with Gasteiger partial charge in [-0.25, -0.2) is 0 Å². The van der Waals surface area contributed by atoms with Gasteiger partial charge in [-0.2, -0.15) is 0 Å². The predicted octanol–water partition coefficient (Wildman–Crippen LogP) is 3.27. The lowest BCUT2D eigenvalue weighted by molar-refractivity contribution is -0.118. The summed E-state index contributed by atoms with van der Waals surface area (Å²) in [6.45, 7) is 2.44. The molecule has 0 saturated heterocycles. The number of hydrogen-bond donors (Lipinski definition) is 0. The van der Waals surface area contributed by atoms with E-state index in [1.807, 2.05) is 43.3 Å². The van der Waals surface area contributed by atoms with Crippen LogP contribution in [-0.2, 0) is 11.2 Å². The standard InChI is InChI=1S/C20H22N2O3/c1-4-19(23)21(2)18-8-6-5-7-16(18)20(24)22-12-11-14-13-15(25-3)9-10-17(14)22/h5-10,13H,4,11-12H2,1-3H3. The number of amides is 2. The van der Waals surface area contributed by atoms with Crippen LogP contribution >= 0.6 is 0 Å². The molecule has 3 rings (SSSR count). The maximum atomic E-state index is 13.2. The number of carbonyl (C=O) groups is 2. The van der Waals surface area contributed by atoms with Crippen molar-refractivity contribution in [2.24, 2.45) is 0 Å². The molecule has 2 aromatic rings. The molecule has 0 unspecified atom stereocenters. The normalized spacial score (nSPS) is 12.7. The number of rotatable bonds is 4. The SMILES string of the molecule is CCC(=O)N(C)c1ccccc1C(=O)N1CCc2cc(OC)ccc21. The van der Waals surface area contributed by atoms with Crippen LogP contribution in [0.4, 0.5) is 11.4 Å². The third kappa shape index (κ3) is 3.09. The number of carbonyl (C=O) groups excluding carboxylic acids is 2. The van der Waals surface area contributed by atoms with Gasteiger partial charge in [-0.05, 0) is 42.3 Å². The zero-order chi connectivity index (χ0) is 18.0. The molecule has 1 aliphatic rings. The number of para-hydroxylation sites is 1. The van der Waals surface area contributed by atoms with E-state index >= 15 is 0 Å². The molecule has 5 heteroatoms. The summed E-state index contributed by atoms with van der Waals surface area (Å²) in [6.07, 6.45) is 1.19. The number of benzene rings is 2. The third-order valence-electron chi connectivity index (χ3n) is 4.60. The number of anilines is 2. The second-order valence-corrected chi connectivity index (χ2v) is 6.02. The maximum absolute atomic E-state index is 13.2. The second kappa shape index (κ2) is 6.97. The molecule has 0 spiro atoms. The molecule has 2 aromatic carbocycles. The van der Waals surface area contributed by atoms with E-state index in [2.05, 4.69) is 0 Å². The van der Waals surface area contributed by atoms with Gasteiger partial charge < -0.3 is 14.5 Å². The molecular weight excluding hydrogens is 316 g/mol. The maximum Gasteiger partial charge on any atom is 0.260 e. The van der Waals surface area contributed by atoms with Gasteiger partial charge in [0.15, 0.2) is 0 Å². The highest BCUT2D eigenvalue weighted by molar-refractivity contribution is 6.12. The molecule has 130 valence electrons. The third-order valence-corrected chi connectivity index (χ3v) is 4.60. The largest absolute Gasteiger partial charge is 0.497 e. The van der Waals surface area contributed by atoms with Crippen LogP contribution in [0, 0.1) is 0 Å². The highest BCUT2D eigenvalue weighted by Gasteiger charge is 2.28. The van der Waals surface area contributed by atoms with Gasteiger partial charge in [0, 0.05) is 25.7 Å². The summed E-state index contributed by atoms with van der Waals surface area (Å²) in [6, 6.07) is 13.0. The number of hydrogen-bond acceptors (Lipinski definition) is 3. The Bertz CT molecular complexity index is 816. The van der Waals surface area contributed by atoms with Crippen molar-refractivity contribution in [3.63, 3.8) is 0 Å². The lowest BCUT2D eigenvalue weighted by Gasteiger charge is -2.23. The molecule has 0 fully saturated rings. The van der Waals surface area contributed by atoms with Crippen molar-refractivity contribution in [3.8, 4) is 5.75 Å². The predicted molar refractivity (Wildman–Crippen MR) is 98.5 cm³/mol.